The van der Waals surface area contributed by atoms with Crippen LogP contribution < -0.4 is 10.2 Å². The fourth-order valence-corrected chi connectivity index (χ4v) is 2.00. The number of rotatable bonds is 8. The number of hydrogen-bond acceptors (Lipinski definition) is 5. The van der Waals surface area contributed by atoms with Gasteiger partial charge in [-0.1, -0.05) is 30.7 Å². The summed E-state index contributed by atoms with van der Waals surface area (Å²) < 4.78 is 10.4. The van der Waals surface area contributed by atoms with E-state index in [0.29, 0.717) is 22.9 Å². The maximum atomic E-state index is 11.7. The van der Waals surface area contributed by atoms with E-state index >= 15 is 0 Å². The summed E-state index contributed by atoms with van der Waals surface area (Å²) in [5.41, 5.74) is 3.61. The largest absolute Gasteiger partial charge is 0.484 e. The summed E-state index contributed by atoms with van der Waals surface area (Å²) in [5, 5.41) is 4.47. The van der Waals surface area contributed by atoms with Gasteiger partial charge in [-0.15, -0.1) is 0 Å². The van der Waals surface area contributed by atoms with E-state index in [1.165, 1.54) is 6.21 Å². The number of carbonyl (C=O) groups excluding carboxylic acids is 2. The van der Waals surface area contributed by atoms with E-state index in [0.717, 1.165) is 12.0 Å². The molecule has 0 unspecified atom stereocenters. The minimum atomic E-state index is -0.401. The molecule has 6 nitrogen and oxygen atoms in total. The molecule has 0 spiro atoms. The van der Waals surface area contributed by atoms with Gasteiger partial charge in [0, 0.05) is 5.02 Å². The van der Waals surface area contributed by atoms with Crippen LogP contribution in [0.25, 0.3) is 0 Å². The van der Waals surface area contributed by atoms with Crippen molar-refractivity contribution in [3.63, 3.8) is 0 Å². The van der Waals surface area contributed by atoms with Crippen LogP contribution in [0.3, 0.4) is 0 Å². The fourth-order valence-electron chi connectivity index (χ4n) is 1.87. The molecule has 1 N–H and O–H groups in total. The summed E-state index contributed by atoms with van der Waals surface area (Å²) in [5.74, 6) is -0.316. The topological polar surface area (TPSA) is 77.0 Å². The number of nitrogens with zero attached hydrogens (tertiary/aromatic N) is 1. The zero-order valence-electron chi connectivity index (χ0n) is 14.3. The Hall–Kier alpha value is -2.86. The SMILES string of the molecule is CCCOC(=O)c1ccc(OCC(=O)N/N=C/c2ccc(Cl)cc2)cc1. The molecule has 2 rings (SSSR count). The Kier molecular flexibility index (Phi) is 7.64. The molecular formula is C19H19ClN2O4. The first-order valence-corrected chi connectivity index (χ1v) is 8.43. The molecule has 0 aromatic heterocycles. The molecule has 136 valence electrons. The number of nitrogens with one attached hydrogen (secondary N) is 1. The van der Waals surface area contributed by atoms with Crippen LogP contribution in [0.2, 0.25) is 5.02 Å². The van der Waals surface area contributed by atoms with Gasteiger partial charge in [0.25, 0.3) is 5.91 Å². The molecule has 1 amide bonds. The van der Waals surface area contributed by atoms with Crippen LogP contribution in [-0.2, 0) is 9.53 Å². The highest BCUT2D eigenvalue weighted by Gasteiger charge is 2.07. The minimum Gasteiger partial charge on any atom is -0.484 e. The first-order valence-electron chi connectivity index (χ1n) is 8.06. The van der Waals surface area contributed by atoms with Crippen molar-refractivity contribution in [1.29, 1.82) is 0 Å². The van der Waals surface area contributed by atoms with E-state index in [4.69, 9.17) is 21.1 Å². The highest BCUT2D eigenvalue weighted by Crippen LogP contribution is 2.13. The Morgan fingerprint density at radius 1 is 1.12 bits per heavy atom. The van der Waals surface area contributed by atoms with Crippen molar-refractivity contribution in [2.24, 2.45) is 5.10 Å². The molecular weight excluding hydrogens is 356 g/mol. The van der Waals surface area contributed by atoms with Crippen LogP contribution in [0.5, 0.6) is 5.75 Å². The van der Waals surface area contributed by atoms with Crippen molar-refractivity contribution in [2.45, 2.75) is 13.3 Å². The molecule has 0 saturated heterocycles. The van der Waals surface area contributed by atoms with Crippen molar-refractivity contribution in [3.8, 4) is 5.75 Å². The quantitative estimate of drug-likeness (QED) is 0.436. The maximum Gasteiger partial charge on any atom is 0.338 e. The van der Waals surface area contributed by atoms with Crippen LogP contribution in [0.4, 0.5) is 0 Å². The van der Waals surface area contributed by atoms with Crippen LogP contribution in [0.15, 0.2) is 53.6 Å². The molecule has 0 radical (unpaired) electrons. The highest BCUT2D eigenvalue weighted by atomic mass is 35.5. The third kappa shape index (κ3) is 6.57. The summed E-state index contributed by atoms with van der Waals surface area (Å²) in [6.07, 6.45) is 2.27. The number of ether oxygens (including phenoxy) is 2. The van der Waals surface area contributed by atoms with Crippen LogP contribution in [0, 0.1) is 0 Å². The van der Waals surface area contributed by atoms with Crippen LogP contribution >= 0.6 is 11.6 Å². The van der Waals surface area contributed by atoms with E-state index in [-0.39, 0.29) is 12.6 Å². The highest BCUT2D eigenvalue weighted by molar-refractivity contribution is 6.30. The van der Waals surface area contributed by atoms with Crippen molar-refractivity contribution in [2.75, 3.05) is 13.2 Å². The third-order valence-electron chi connectivity index (χ3n) is 3.17. The monoisotopic (exact) mass is 374 g/mol. The molecule has 0 heterocycles. The van der Waals surface area contributed by atoms with E-state index in [1.807, 2.05) is 6.92 Å². The second kappa shape index (κ2) is 10.2. The summed E-state index contributed by atoms with van der Waals surface area (Å²) in [6, 6.07) is 13.4. The van der Waals surface area contributed by atoms with Crippen LogP contribution in [0.1, 0.15) is 29.3 Å². The molecule has 26 heavy (non-hydrogen) atoms. The summed E-state index contributed by atoms with van der Waals surface area (Å²) in [4.78, 5) is 23.4. The molecule has 2 aromatic carbocycles. The Bertz CT molecular complexity index is 758. The normalized spacial score (nSPS) is 10.5. The van der Waals surface area contributed by atoms with E-state index in [2.05, 4.69) is 10.5 Å². The molecule has 7 heteroatoms. The summed E-state index contributed by atoms with van der Waals surface area (Å²) in [6.45, 7) is 2.11. The maximum absolute atomic E-state index is 11.7. The van der Waals surface area contributed by atoms with Crippen molar-refractivity contribution < 1.29 is 19.1 Å². The van der Waals surface area contributed by atoms with Gasteiger partial charge in [0.1, 0.15) is 5.75 Å². The number of esters is 1. The molecule has 2 aromatic rings. The van der Waals surface area contributed by atoms with Gasteiger partial charge < -0.3 is 9.47 Å². The van der Waals surface area contributed by atoms with E-state index in [1.54, 1.807) is 48.5 Å². The fraction of sp³-hybridized carbons (Fsp3) is 0.211. The Morgan fingerprint density at radius 2 is 1.81 bits per heavy atom. The second-order valence-electron chi connectivity index (χ2n) is 5.29. The van der Waals surface area contributed by atoms with Gasteiger partial charge in [0.15, 0.2) is 6.61 Å². The molecule has 0 aliphatic rings. The number of carbonyl (C=O) groups is 2. The van der Waals surface area contributed by atoms with Crippen molar-refractivity contribution in [1.82, 2.24) is 5.43 Å². The predicted molar refractivity (Wildman–Crippen MR) is 99.7 cm³/mol. The van der Waals surface area contributed by atoms with Gasteiger partial charge in [-0.2, -0.15) is 5.10 Å². The molecule has 0 fully saturated rings. The number of amides is 1. The average Bonchev–Trinajstić information content (AvgIpc) is 2.66. The molecule has 0 saturated carbocycles. The van der Waals surface area contributed by atoms with Gasteiger partial charge in [0.2, 0.25) is 0 Å². The zero-order chi connectivity index (χ0) is 18.8. The number of hydrazone groups is 1. The van der Waals surface area contributed by atoms with Crippen molar-refractivity contribution >= 4 is 29.7 Å². The lowest BCUT2D eigenvalue weighted by Gasteiger charge is -2.06. The predicted octanol–water partition coefficient (Wildman–Crippen LogP) is 3.44. The lowest BCUT2D eigenvalue weighted by atomic mass is 10.2. The lowest BCUT2D eigenvalue weighted by Crippen LogP contribution is -2.24. The number of benzene rings is 2. The zero-order valence-corrected chi connectivity index (χ0v) is 15.0. The van der Waals surface area contributed by atoms with E-state index < -0.39 is 5.91 Å². The van der Waals surface area contributed by atoms with Gasteiger partial charge in [0.05, 0.1) is 18.4 Å². The van der Waals surface area contributed by atoms with Gasteiger partial charge >= 0.3 is 5.97 Å². The molecule has 0 atom stereocenters. The Labute approximate surface area is 156 Å². The number of hydrogen-bond donors (Lipinski definition) is 1. The first-order chi connectivity index (χ1) is 12.6. The van der Waals surface area contributed by atoms with Crippen LogP contribution in [-0.4, -0.2) is 31.3 Å². The Morgan fingerprint density at radius 3 is 2.46 bits per heavy atom. The first kappa shape index (κ1) is 19.5. The summed E-state index contributed by atoms with van der Waals surface area (Å²) >= 11 is 5.79. The van der Waals surface area contributed by atoms with Gasteiger partial charge in [-0.05, 0) is 48.4 Å². The van der Waals surface area contributed by atoms with E-state index in [9.17, 15) is 9.59 Å². The van der Waals surface area contributed by atoms with Gasteiger partial charge in [-0.25, -0.2) is 10.2 Å². The van der Waals surface area contributed by atoms with Gasteiger partial charge in [-0.3, -0.25) is 4.79 Å². The van der Waals surface area contributed by atoms with Crippen molar-refractivity contribution in [3.05, 3.63) is 64.7 Å². The third-order valence-corrected chi connectivity index (χ3v) is 3.42. The molecule has 0 aliphatic carbocycles. The second-order valence-corrected chi connectivity index (χ2v) is 5.73. The number of halogens is 1. The average molecular weight is 375 g/mol. The smallest absolute Gasteiger partial charge is 0.338 e. The minimum absolute atomic E-state index is 0.197. The standard InChI is InChI=1S/C19H19ClN2O4/c1-2-11-25-19(24)15-5-9-17(10-6-15)26-13-18(23)22-21-12-14-3-7-16(20)8-4-14/h3-10,12H,2,11,13H2,1H3,(H,22,23)/b21-12+. The molecule has 0 bridgehead atoms. The molecule has 0 aliphatic heterocycles. The lowest BCUT2D eigenvalue weighted by molar-refractivity contribution is -0.123. The summed E-state index contributed by atoms with van der Waals surface area (Å²) in [7, 11) is 0. The Balaban J connectivity index is 1.76.